The molecular formula is C10H14F3N5O2. The molecule has 1 aromatic heterocycles. The molecule has 0 unspecified atom stereocenters. The van der Waals surface area contributed by atoms with Crippen LogP contribution < -0.4 is 10.6 Å². The van der Waals surface area contributed by atoms with E-state index < -0.39 is 19.3 Å². The zero-order valence-corrected chi connectivity index (χ0v) is 10.6. The van der Waals surface area contributed by atoms with Crippen LogP contribution in [-0.4, -0.2) is 52.0 Å². The van der Waals surface area contributed by atoms with E-state index in [0.717, 1.165) is 4.90 Å². The van der Waals surface area contributed by atoms with E-state index in [0.29, 0.717) is 5.69 Å². The first-order valence-corrected chi connectivity index (χ1v) is 5.53. The molecule has 112 valence electrons. The molecule has 1 rings (SSSR count). The van der Waals surface area contributed by atoms with Crippen LogP contribution in [0, 0.1) is 6.92 Å². The summed E-state index contributed by atoms with van der Waals surface area (Å²) in [5.41, 5.74) is 5.70. The first-order valence-electron chi connectivity index (χ1n) is 5.53. The second-order valence-corrected chi connectivity index (χ2v) is 3.94. The topological polar surface area (TPSA) is 108 Å². The van der Waals surface area contributed by atoms with E-state index in [2.05, 4.69) is 15.1 Å². The minimum atomic E-state index is -4.47. The maximum absolute atomic E-state index is 12.5. The number of aromatic nitrogens is 2. The average Bonchev–Trinajstić information content (AvgIpc) is 2.35. The third kappa shape index (κ3) is 4.53. The molecule has 0 spiro atoms. The number of halogens is 3. The van der Waals surface area contributed by atoms with Crippen LogP contribution in [0.5, 0.6) is 0 Å². The van der Waals surface area contributed by atoms with Gasteiger partial charge in [-0.25, -0.2) is 9.97 Å². The summed E-state index contributed by atoms with van der Waals surface area (Å²) >= 11 is 0. The van der Waals surface area contributed by atoms with E-state index in [4.69, 9.17) is 16.0 Å². The molecule has 0 aromatic carbocycles. The molecule has 1 aromatic rings. The van der Waals surface area contributed by atoms with Crippen molar-refractivity contribution in [3.05, 3.63) is 17.5 Å². The minimum Gasteiger partial charge on any atom is -0.409 e. The average molecular weight is 293 g/mol. The number of aliphatic hydroxyl groups excluding tert-OH is 1. The second kappa shape index (κ2) is 6.37. The van der Waals surface area contributed by atoms with Gasteiger partial charge in [-0.15, -0.1) is 0 Å². The molecule has 0 radical (unpaired) electrons. The van der Waals surface area contributed by atoms with E-state index in [9.17, 15) is 13.2 Å². The van der Waals surface area contributed by atoms with Crippen molar-refractivity contribution < 1.29 is 23.5 Å². The highest BCUT2D eigenvalue weighted by Gasteiger charge is 2.32. The van der Waals surface area contributed by atoms with Gasteiger partial charge in [-0.1, -0.05) is 5.16 Å². The summed E-state index contributed by atoms with van der Waals surface area (Å²) in [5, 5.41) is 20.1. The van der Waals surface area contributed by atoms with E-state index in [1.165, 1.54) is 13.0 Å². The third-order valence-electron chi connectivity index (χ3n) is 2.24. The molecule has 20 heavy (non-hydrogen) atoms. The van der Waals surface area contributed by atoms with Gasteiger partial charge in [-0.05, 0) is 13.0 Å². The highest BCUT2D eigenvalue weighted by Crippen LogP contribution is 2.20. The van der Waals surface area contributed by atoms with Gasteiger partial charge in [0.1, 0.15) is 12.2 Å². The molecule has 7 nitrogen and oxygen atoms in total. The summed E-state index contributed by atoms with van der Waals surface area (Å²) in [4.78, 5) is 8.43. The van der Waals surface area contributed by atoms with Crippen LogP contribution in [0.3, 0.4) is 0 Å². The Bertz CT molecular complexity index is 492. The highest BCUT2D eigenvalue weighted by molar-refractivity contribution is 5.95. The number of nitrogens with two attached hydrogens (primary N) is 1. The molecule has 0 saturated carbocycles. The van der Waals surface area contributed by atoms with Crippen molar-refractivity contribution >= 4 is 11.8 Å². The minimum absolute atomic E-state index is 0.000106. The molecule has 0 atom stereocenters. The van der Waals surface area contributed by atoms with E-state index >= 15 is 0 Å². The van der Waals surface area contributed by atoms with Crippen molar-refractivity contribution in [2.24, 2.45) is 10.9 Å². The van der Waals surface area contributed by atoms with Gasteiger partial charge < -0.3 is 20.9 Å². The Morgan fingerprint density at radius 2 is 2.10 bits per heavy atom. The molecule has 0 aliphatic carbocycles. The molecule has 0 amide bonds. The molecule has 0 fully saturated rings. The summed E-state index contributed by atoms with van der Waals surface area (Å²) in [6, 6.07) is 1.36. The predicted octanol–water partition coefficient (Wildman–Crippen LogP) is 0.241. The molecule has 10 heteroatoms. The first kappa shape index (κ1) is 16.0. The Morgan fingerprint density at radius 1 is 1.45 bits per heavy atom. The number of alkyl halides is 3. The Morgan fingerprint density at radius 3 is 2.60 bits per heavy atom. The fourth-order valence-corrected chi connectivity index (χ4v) is 1.46. The maximum Gasteiger partial charge on any atom is 0.406 e. The van der Waals surface area contributed by atoms with Crippen molar-refractivity contribution in [2.45, 2.75) is 13.1 Å². The number of amidine groups is 1. The Hall–Kier alpha value is -2.10. The van der Waals surface area contributed by atoms with Crippen LogP contribution in [0.4, 0.5) is 19.1 Å². The van der Waals surface area contributed by atoms with Gasteiger partial charge in [0, 0.05) is 12.2 Å². The zero-order valence-electron chi connectivity index (χ0n) is 10.6. The largest absolute Gasteiger partial charge is 0.409 e. The van der Waals surface area contributed by atoms with Crippen molar-refractivity contribution in [1.82, 2.24) is 9.97 Å². The van der Waals surface area contributed by atoms with Gasteiger partial charge in [0.05, 0.1) is 6.61 Å². The van der Waals surface area contributed by atoms with Gasteiger partial charge in [-0.3, -0.25) is 0 Å². The normalized spacial score (nSPS) is 12.6. The number of hydrogen-bond donors (Lipinski definition) is 3. The molecule has 4 N–H and O–H groups in total. The maximum atomic E-state index is 12.5. The Balaban J connectivity index is 3.16. The standard InChI is InChI=1S/C10H14F3N5O2/c1-6-4-7(8(14)17-20)16-9(15-6)18(2-3-19)5-10(11,12)13/h4,19-20H,2-3,5H2,1H3,(H2,14,17). The first-order chi connectivity index (χ1) is 9.26. The molecule has 1 heterocycles. The number of nitrogens with zero attached hydrogens (tertiary/aromatic N) is 4. The summed E-state index contributed by atoms with van der Waals surface area (Å²) in [6.07, 6.45) is -4.47. The van der Waals surface area contributed by atoms with Crippen molar-refractivity contribution in [2.75, 3.05) is 24.6 Å². The van der Waals surface area contributed by atoms with Gasteiger partial charge in [0.2, 0.25) is 5.95 Å². The number of aryl methyl sites for hydroxylation is 1. The van der Waals surface area contributed by atoms with Gasteiger partial charge >= 0.3 is 6.18 Å². The number of hydrogen-bond acceptors (Lipinski definition) is 6. The van der Waals surface area contributed by atoms with Crippen molar-refractivity contribution in [1.29, 1.82) is 0 Å². The number of anilines is 1. The fourth-order valence-electron chi connectivity index (χ4n) is 1.46. The summed E-state index contributed by atoms with van der Waals surface area (Å²) in [6.45, 7) is -0.568. The smallest absolute Gasteiger partial charge is 0.406 e. The molecule has 0 aliphatic heterocycles. The lowest BCUT2D eigenvalue weighted by atomic mass is 10.3. The number of rotatable bonds is 5. The van der Waals surface area contributed by atoms with Crippen LogP contribution in [0.1, 0.15) is 11.4 Å². The van der Waals surface area contributed by atoms with Crippen molar-refractivity contribution in [3.63, 3.8) is 0 Å². The van der Waals surface area contributed by atoms with Crippen molar-refractivity contribution in [3.8, 4) is 0 Å². The monoisotopic (exact) mass is 293 g/mol. The molecule has 0 bridgehead atoms. The van der Waals surface area contributed by atoms with Gasteiger partial charge in [-0.2, -0.15) is 13.2 Å². The van der Waals surface area contributed by atoms with Crippen LogP contribution in [0.2, 0.25) is 0 Å². The highest BCUT2D eigenvalue weighted by atomic mass is 19.4. The lowest BCUT2D eigenvalue weighted by Crippen LogP contribution is -2.38. The van der Waals surface area contributed by atoms with Gasteiger partial charge in [0.25, 0.3) is 0 Å². The lowest BCUT2D eigenvalue weighted by molar-refractivity contribution is -0.120. The Labute approximate surface area is 112 Å². The lowest BCUT2D eigenvalue weighted by Gasteiger charge is -2.23. The summed E-state index contributed by atoms with van der Waals surface area (Å²) in [7, 11) is 0. The van der Waals surface area contributed by atoms with Crippen LogP contribution >= 0.6 is 0 Å². The quantitative estimate of drug-likeness (QED) is 0.311. The zero-order chi connectivity index (χ0) is 15.3. The van der Waals surface area contributed by atoms with Crippen LogP contribution in [0.15, 0.2) is 11.2 Å². The van der Waals surface area contributed by atoms with E-state index in [1.807, 2.05) is 0 Å². The predicted molar refractivity (Wildman–Crippen MR) is 64.6 cm³/mol. The number of aliphatic hydroxyl groups is 1. The summed E-state index contributed by atoms with van der Waals surface area (Å²) < 4.78 is 37.4. The van der Waals surface area contributed by atoms with Crippen LogP contribution in [-0.2, 0) is 0 Å². The van der Waals surface area contributed by atoms with E-state index in [-0.39, 0.29) is 24.0 Å². The van der Waals surface area contributed by atoms with E-state index in [1.54, 1.807) is 0 Å². The number of oxime groups is 1. The fraction of sp³-hybridized carbons (Fsp3) is 0.500. The second-order valence-electron chi connectivity index (χ2n) is 3.94. The third-order valence-corrected chi connectivity index (χ3v) is 2.24. The molecule has 0 aliphatic rings. The van der Waals surface area contributed by atoms with Gasteiger partial charge in [0.15, 0.2) is 5.84 Å². The van der Waals surface area contributed by atoms with Crippen LogP contribution in [0.25, 0.3) is 0 Å². The molecule has 0 saturated heterocycles. The summed E-state index contributed by atoms with van der Waals surface area (Å²) in [5.74, 6) is -0.592. The Kier molecular flexibility index (Phi) is 5.08. The molecular weight excluding hydrogens is 279 g/mol. The SMILES string of the molecule is Cc1cc(/C(N)=N/O)nc(N(CCO)CC(F)(F)F)n1.